The SMILES string of the molecule is N#Cc1cc(C[P+](c2ccccc2)(c2ccccc2)c2ccccc2)cnc1Sc1ccc([N+](=O)[O-])cc1.[Br-]. The van der Waals surface area contributed by atoms with Gasteiger partial charge in [-0.3, -0.25) is 10.1 Å². The lowest BCUT2D eigenvalue weighted by atomic mass is 10.2. The van der Waals surface area contributed by atoms with E-state index in [2.05, 4.69) is 78.9 Å². The second kappa shape index (κ2) is 12.8. The van der Waals surface area contributed by atoms with Gasteiger partial charge in [-0.1, -0.05) is 66.4 Å². The summed E-state index contributed by atoms with van der Waals surface area (Å²) in [7, 11) is -2.12. The Labute approximate surface area is 242 Å². The van der Waals surface area contributed by atoms with Crippen molar-refractivity contribution in [1.29, 1.82) is 5.26 Å². The Morgan fingerprint density at radius 2 is 1.28 bits per heavy atom. The van der Waals surface area contributed by atoms with Crippen molar-refractivity contribution in [3.8, 4) is 6.07 Å². The van der Waals surface area contributed by atoms with E-state index in [9.17, 15) is 15.4 Å². The van der Waals surface area contributed by atoms with E-state index in [4.69, 9.17) is 4.98 Å². The van der Waals surface area contributed by atoms with Crippen molar-refractivity contribution in [2.75, 3.05) is 0 Å². The maximum absolute atomic E-state index is 11.0. The minimum Gasteiger partial charge on any atom is -1.00 e. The highest BCUT2D eigenvalue weighted by Gasteiger charge is 2.45. The second-order valence-corrected chi connectivity index (χ2v) is 13.2. The summed E-state index contributed by atoms with van der Waals surface area (Å²) in [6, 6.07) is 42.3. The third-order valence-electron chi connectivity index (χ3n) is 6.30. The normalized spacial score (nSPS) is 10.7. The summed E-state index contributed by atoms with van der Waals surface area (Å²) in [5.41, 5.74) is 1.50. The molecule has 1 aromatic heterocycles. The van der Waals surface area contributed by atoms with Crippen LogP contribution in [-0.4, -0.2) is 9.91 Å². The number of nitro groups is 1. The smallest absolute Gasteiger partial charge is 0.269 e. The number of benzene rings is 4. The predicted molar refractivity (Wildman–Crippen MR) is 155 cm³/mol. The van der Waals surface area contributed by atoms with Gasteiger partial charge in [-0.2, -0.15) is 5.26 Å². The summed E-state index contributed by atoms with van der Waals surface area (Å²) in [4.78, 5) is 16.0. The number of rotatable bonds is 8. The first-order valence-corrected chi connectivity index (χ1v) is 14.8. The maximum atomic E-state index is 11.0. The molecule has 5 nitrogen and oxygen atoms in total. The van der Waals surface area contributed by atoms with Crippen LogP contribution < -0.4 is 32.9 Å². The Morgan fingerprint density at radius 1 is 0.795 bits per heavy atom. The van der Waals surface area contributed by atoms with Crippen LogP contribution in [-0.2, 0) is 6.16 Å². The molecule has 0 aliphatic rings. The fourth-order valence-electron chi connectivity index (χ4n) is 4.53. The zero-order valence-corrected chi connectivity index (χ0v) is 24.0. The van der Waals surface area contributed by atoms with E-state index in [0.29, 0.717) is 10.6 Å². The first-order valence-electron chi connectivity index (χ1n) is 12.0. The molecule has 0 radical (unpaired) electrons. The standard InChI is InChI=1S/C31H23N3O2PS.BrH/c32-21-25-20-24(22-33-31(25)38-30-18-16-26(17-19-30)34(35)36)23-37(27-10-4-1-5-11-27,28-12-6-2-7-13-28)29-14-8-3-9-15-29;/h1-20,22H,23H2;1H/q+1;/p-1. The van der Waals surface area contributed by atoms with E-state index in [1.807, 2.05) is 30.5 Å². The lowest BCUT2D eigenvalue weighted by Crippen LogP contribution is -3.00. The summed E-state index contributed by atoms with van der Waals surface area (Å²) in [6.45, 7) is 0. The Hall–Kier alpha value is -3.82. The Bertz CT molecular complexity index is 1500. The van der Waals surface area contributed by atoms with Crippen molar-refractivity contribution in [3.05, 3.63) is 149 Å². The fourth-order valence-corrected chi connectivity index (χ4v) is 9.55. The van der Waals surface area contributed by atoms with Gasteiger partial charge in [0.2, 0.25) is 0 Å². The average molecular weight is 612 g/mol. The number of pyridine rings is 1. The lowest BCUT2D eigenvalue weighted by molar-refractivity contribution is -0.384. The number of nitrogens with zero attached hydrogens (tertiary/aromatic N) is 3. The molecule has 4 aromatic carbocycles. The van der Waals surface area contributed by atoms with Crippen molar-refractivity contribution in [2.45, 2.75) is 16.1 Å². The van der Waals surface area contributed by atoms with Crippen LogP contribution in [0, 0.1) is 21.4 Å². The van der Waals surface area contributed by atoms with Gasteiger partial charge in [-0.05, 0) is 54.6 Å². The first-order chi connectivity index (χ1) is 18.6. The average Bonchev–Trinajstić information content (AvgIpc) is 2.98. The largest absolute Gasteiger partial charge is 1.00 e. The Kier molecular flexibility index (Phi) is 9.27. The molecule has 39 heavy (non-hydrogen) atoms. The van der Waals surface area contributed by atoms with Gasteiger partial charge in [-0.15, -0.1) is 0 Å². The van der Waals surface area contributed by atoms with Crippen molar-refractivity contribution >= 4 is 40.6 Å². The molecule has 0 saturated carbocycles. The fraction of sp³-hybridized carbons (Fsp3) is 0.0323. The van der Waals surface area contributed by atoms with Crippen molar-refractivity contribution in [1.82, 2.24) is 4.98 Å². The highest BCUT2D eigenvalue weighted by Crippen LogP contribution is 2.58. The van der Waals surface area contributed by atoms with Crippen LogP contribution in [0.5, 0.6) is 0 Å². The van der Waals surface area contributed by atoms with E-state index in [1.54, 1.807) is 12.1 Å². The molecule has 1 heterocycles. The highest BCUT2D eigenvalue weighted by molar-refractivity contribution is 7.99. The lowest BCUT2D eigenvalue weighted by Gasteiger charge is -2.27. The van der Waals surface area contributed by atoms with E-state index in [-0.39, 0.29) is 22.7 Å². The third kappa shape index (κ3) is 6.10. The zero-order chi connectivity index (χ0) is 26.4. The summed E-state index contributed by atoms with van der Waals surface area (Å²) < 4.78 is 0. The van der Waals surface area contributed by atoms with Crippen molar-refractivity contribution < 1.29 is 21.9 Å². The molecule has 0 aliphatic heterocycles. The van der Waals surface area contributed by atoms with Crippen LogP contribution in [0.2, 0.25) is 0 Å². The van der Waals surface area contributed by atoms with Gasteiger partial charge in [0, 0.05) is 28.8 Å². The Morgan fingerprint density at radius 3 is 1.72 bits per heavy atom. The molecule has 0 unspecified atom stereocenters. The molecular weight excluding hydrogens is 589 g/mol. The quantitative estimate of drug-likeness (QED) is 0.152. The number of hydrogen-bond donors (Lipinski definition) is 0. The molecule has 8 heteroatoms. The topological polar surface area (TPSA) is 79.8 Å². The van der Waals surface area contributed by atoms with Gasteiger partial charge in [0.25, 0.3) is 5.69 Å². The molecular formula is C31H23BrN3O2PS. The number of nitro benzene ring substituents is 1. The number of nitriles is 1. The number of aromatic nitrogens is 1. The van der Waals surface area contributed by atoms with Crippen LogP contribution in [0.15, 0.2) is 137 Å². The monoisotopic (exact) mass is 611 g/mol. The van der Waals surface area contributed by atoms with Crippen LogP contribution >= 0.6 is 19.0 Å². The zero-order valence-electron chi connectivity index (χ0n) is 20.7. The van der Waals surface area contributed by atoms with Crippen LogP contribution in [0.25, 0.3) is 0 Å². The molecule has 0 aliphatic carbocycles. The predicted octanol–water partition coefficient (Wildman–Crippen LogP) is 3.51. The molecule has 192 valence electrons. The highest BCUT2D eigenvalue weighted by atomic mass is 79.9. The number of non-ortho nitro benzene ring substituents is 1. The molecule has 5 aromatic rings. The first kappa shape index (κ1) is 28.2. The van der Waals surface area contributed by atoms with E-state index >= 15 is 0 Å². The maximum Gasteiger partial charge on any atom is 0.269 e. The molecule has 0 N–H and O–H groups in total. The van der Waals surface area contributed by atoms with Crippen molar-refractivity contribution in [3.63, 3.8) is 0 Å². The summed E-state index contributed by atoms with van der Waals surface area (Å²) in [5, 5.41) is 25.3. The molecule has 0 spiro atoms. The van der Waals surface area contributed by atoms with E-state index < -0.39 is 12.2 Å². The number of hydrogen-bond acceptors (Lipinski definition) is 5. The van der Waals surface area contributed by atoms with Gasteiger partial charge in [0.05, 0.1) is 16.6 Å². The van der Waals surface area contributed by atoms with Crippen LogP contribution in [0.3, 0.4) is 0 Å². The Balaban J connectivity index is 0.00000353. The minimum atomic E-state index is -2.12. The summed E-state index contributed by atoms with van der Waals surface area (Å²) in [5.74, 6) is 0. The van der Waals surface area contributed by atoms with Gasteiger partial charge < -0.3 is 17.0 Å². The van der Waals surface area contributed by atoms with Gasteiger partial charge in [0.15, 0.2) is 0 Å². The van der Waals surface area contributed by atoms with E-state index in [0.717, 1.165) is 16.6 Å². The van der Waals surface area contributed by atoms with Crippen molar-refractivity contribution in [2.24, 2.45) is 0 Å². The van der Waals surface area contributed by atoms with Crippen LogP contribution in [0.1, 0.15) is 11.1 Å². The minimum absolute atomic E-state index is 0. The van der Waals surface area contributed by atoms with Gasteiger partial charge >= 0.3 is 0 Å². The summed E-state index contributed by atoms with van der Waals surface area (Å²) in [6.07, 6.45) is 2.58. The molecule has 0 amide bonds. The van der Waals surface area contributed by atoms with Gasteiger partial charge in [-0.25, -0.2) is 4.98 Å². The molecule has 5 rings (SSSR count). The second-order valence-electron chi connectivity index (χ2n) is 8.64. The molecule has 0 atom stereocenters. The van der Waals surface area contributed by atoms with E-state index in [1.165, 1.54) is 39.8 Å². The van der Waals surface area contributed by atoms with Gasteiger partial charge in [0.1, 0.15) is 34.3 Å². The van der Waals surface area contributed by atoms with Crippen LogP contribution in [0.4, 0.5) is 5.69 Å². The third-order valence-corrected chi connectivity index (χ3v) is 11.7. The molecule has 0 saturated heterocycles. The molecule has 0 fully saturated rings. The number of halogens is 1. The molecule has 0 bridgehead atoms. The summed E-state index contributed by atoms with van der Waals surface area (Å²) >= 11 is 1.33.